The van der Waals surface area contributed by atoms with E-state index in [0.717, 1.165) is 29.7 Å². The van der Waals surface area contributed by atoms with Crippen LogP contribution >= 0.6 is 0 Å². The summed E-state index contributed by atoms with van der Waals surface area (Å²) >= 11 is 0. The van der Waals surface area contributed by atoms with Crippen molar-refractivity contribution in [2.45, 2.75) is 33.6 Å². The molecule has 0 bridgehead atoms. The van der Waals surface area contributed by atoms with Gasteiger partial charge in [-0.05, 0) is 44.7 Å². The van der Waals surface area contributed by atoms with E-state index in [4.69, 9.17) is 0 Å². The Morgan fingerprint density at radius 3 is 2.55 bits per heavy atom. The quantitative estimate of drug-likeness (QED) is 0.924. The van der Waals surface area contributed by atoms with E-state index >= 15 is 0 Å². The first-order chi connectivity index (χ1) is 10.3. The molecule has 6 heteroatoms. The van der Waals surface area contributed by atoms with E-state index in [1.54, 1.807) is 6.92 Å². The van der Waals surface area contributed by atoms with Gasteiger partial charge in [0, 0.05) is 18.8 Å². The highest BCUT2D eigenvalue weighted by atomic mass is 32.2. The molecule has 1 heterocycles. The fraction of sp³-hybridized carbons (Fsp3) is 0.562. The van der Waals surface area contributed by atoms with Gasteiger partial charge in [-0.15, -0.1) is 0 Å². The maximum absolute atomic E-state index is 12.5. The number of hydrogen-bond acceptors (Lipinski definition) is 3. The Morgan fingerprint density at radius 1 is 1.32 bits per heavy atom. The van der Waals surface area contributed by atoms with Crippen LogP contribution in [-0.4, -0.2) is 37.5 Å². The number of amides is 1. The van der Waals surface area contributed by atoms with Gasteiger partial charge in [0.25, 0.3) is 0 Å². The summed E-state index contributed by atoms with van der Waals surface area (Å²) in [5.41, 5.74) is 2.87. The number of rotatable bonds is 4. The first-order valence-electron chi connectivity index (χ1n) is 7.70. The summed E-state index contributed by atoms with van der Waals surface area (Å²) in [4.78, 5) is 12.5. The molecule has 5 nitrogen and oxygen atoms in total. The van der Waals surface area contributed by atoms with Crippen LogP contribution in [0.5, 0.6) is 0 Å². The van der Waals surface area contributed by atoms with Gasteiger partial charge in [0.15, 0.2) is 0 Å². The van der Waals surface area contributed by atoms with Crippen molar-refractivity contribution < 1.29 is 13.2 Å². The summed E-state index contributed by atoms with van der Waals surface area (Å²) in [5, 5.41) is 2.98. The molecule has 0 saturated carbocycles. The van der Waals surface area contributed by atoms with Gasteiger partial charge in [0.05, 0.1) is 11.7 Å². The van der Waals surface area contributed by atoms with Crippen LogP contribution in [0.3, 0.4) is 0 Å². The van der Waals surface area contributed by atoms with Gasteiger partial charge in [-0.25, -0.2) is 12.7 Å². The van der Waals surface area contributed by atoms with E-state index in [-0.39, 0.29) is 24.1 Å². The molecule has 0 aliphatic carbocycles. The van der Waals surface area contributed by atoms with Crippen LogP contribution in [0.2, 0.25) is 0 Å². The average Bonchev–Trinajstić information content (AvgIpc) is 2.51. The molecule has 1 atom stereocenters. The van der Waals surface area contributed by atoms with Crippen LogP contribution < -0.4 is 5.32 Å². The first-order valence-corrected chi connectivity index (χ1v) is 9.31. The summed E-state index contributed by atoms with van der Waals surface area (Å²) in [7, 11) is -3.22. The number of carbonyl (C=O) groups is 1. The normalized spacial score (nSPS) is 19.9. The van der Waals surface area contributed by atoms with Crippen molar-refractivity contribution in [3.8, 4) is 0 Å². The van der Waals surface area contributed by atoms with Gasteiger partial charge in [-0.1, -0.05) is 18.2 Å². The maximum atomic E-state index is 12.5. The molecule has 1 fully saturated rings. The lowest BCUT2D eigenvalue weighted by Crippen LogP contribution is -2.44. The van der Waals surface area contributed by atoms with Crippen molar-refractivity contribution in [2.24, 2.45) is 5.92 Å². The second-order valence-corrected chi connectivity index (χ2v) is 8.11. The number of benzene rings is 1. The van der Waals surface area contributed by atoms with Crippen molar-refractivity contribution in [3.63, 3.8) is 0 Å². The smallest absolute Gasteiger partial charge is 0.228 e. The van der Waals surface area contributed by atoms with Crippen LogP contribution in [-0.2, 0) is 14.8 Å². The number of para-hydroxylation sites is 1. The third kappa shape index (κ3) is 3.67. The van der Waals surface area contributed by atoms with Gasteiger partial charge in [0.1, 0.15) is 0 Å². The van der Waals surface area contributed by atoms with Gasteiger partial charge in [0.2, 0.25) is 15.9 Å². The summed E-state index contributed by atoms with van der Waals surface area (Å²) < 4.78 is 25.4. The molecule has 1 aromatic carbocycles. The Morgan fingerprint density at radius 2 is 1.95 bits per heavy atom. The van der Waals surface area contributed by atoms with Gasteiger partial charge < -0.3 is 5.32 Å². The largest absolute Gasteiger partial charge is 0.325 e. The molecular weight excluding hydrogens is 300 g/mol. The zero-order chi connectivity index (χ0) is 16.3. The highest BCUT2D eigenvalue weighted by Gasteiger charge is 2.31. The van der Waals surface area contributed by atoms with Crippen molar-refractivity contribution in [1.29, 1.82) is 0 Å². The van der Waals surface area contributed by atoms with E-state index in [0.29, 0.717) is 6.54 Å². The highest BCUT2D eigenvalue weighted by Crippen LogP contribution is 2.24. The van der Waals surface area contributed by atoms with Crippen LogP contribution in [0.4, 0.5) is 5.69 Å². The molecule has 1 aromatic rings. The van der Waals surface area contributed by atoms with Crippen LogP contribution in [0.15, 0.2) is 18.2 Å². The van der Waals surface area contributed by atoms with E-state index in [2.05, 4.69) is 5.32 Å². The zero-order valence-corrected chi connectivity index (χ0v) is 14.2. The summed E-state index contributed by atoms with van der Waals surface area (Å²) in [6.45, 7) is 6.35. The van der Waals surface area contributed by atoms with E-state index in [1.165, 1.54) is 4.31 Å². The number of anilines is 1. The second kappa shape index (κ2) is 6.79. The zero-order valence-electron chi connectivity index (χ0n) is 13.4. The lowest BCUT2D eigenvalue weighted by atomic mass is 9.98. The van der Waals surface area contributed by atoms with E-state index in [9.17, 15) is 13.2 Å². The molecule has 0 radical (unpaired) electrons. The predicted octanol–water partition coefficient (Wildman–Crippen LogP) is 2.30. The SMILES string of the molecule is CCS(=O)(=O)N1CCC[C@@H](C(=O)Nc2c(C)cccc2C)C1. The molecule has 2 rings (SSSR count). The molecule has 22 heavy (non-hydrogen) atoms. The Balaban J connectivity index is 2.10. The first kappa shape index (κ1) is 17.0. The van der Waals surface area contributed by atoms with Gasteiger partial charge >= 0.3 is 0 Å². The topological polar surface area (TPSA) is 66.5 Å². The lowest BCUT2D eigenvalue weighted by molar-refractivity contribution is -0.120. The molecule has 0 spiro atoms. The fourth-order valence-corrected chi connectivity index (χ4v) is 4.01. The number of hydrogen-bond donors (Lipinski definition) is 1. The molecule has 1 aliphatic heterocycles. The van der Waals surface area contributed by atoms with Crippen molar-refractivity contribution in [2.75, 3.05) is 24.2 Å². The number of piperidine rings is 1. The number of sulfonamides is 1. The standard InChI is InChI=1S/C16H24N2O3S/c1-4-22(20,21)18-10-6-9-14(11-18)16(19)17-15-12(2)7-5-8-13(15)3/h5,7-8,14H,4,6,9-11H2,1-3H3,(H,17,19)/t14-/m1/s1. The van der Waals surface area contributed by atoms with Crippen LogP contribution in [0.1, 0.15) is 30.9 Å². The summed E-state index contributed by atoms with van der Waals surface area (Å²) in [5.74, 6) is -0.291. The number of nitrogens with one attached hydrogen (secondary N) is 1. The molecule has 122 valence electrons. The minimum Gasteiger partial charge on any atom is -0.325 e. The Hall–Kier alpha value is -1.40. The second-order valence-electron chi connectivity index (χ2n) is 5.85. The fourth-order valence-electron chi connectivity index (χ4n) is 2.83. The molecule has 0 unspecified atom stereocenters. The van der Waals surface area contributed by atoms with Crippen LogP contribution in [0.25, 0.3) is 0 Å². The monoisotopic (exact) mass is 324 g/mol. The highest BCUT2D eigenvalue weighted by molar-refractivity contribution is 7.89. The van der Waals surface area contributed by atoms with Gasteiger partial charge in [-0.2, -0.15) is 0 Å². The molecular formula is C16H24N2O3S. The molecule has 1 saturated heterocycles. The molecule has 0 aromatic heterocycles. The van der Waals surface area contributed by atoms with Gasteiger partial charge in [-0.3, -0.25) is 4.79 Å². The lowest BCUT2D eigenvalue weighted by Gasteiger charge is -2.31. The average molecular weight is 324 g/mol. The molecule has 1 aliphatic rings. The third-order valence-electron chi connectivity index (χ3n) is 4.24. The van der Waals surface area contributed by atoms with Crippen LogP contribution in [0, 0.1) is 19.8 Å². The minimum atomic E-state index is -3.22. The number of aryl methyl sites for hydroxylation is 2. The number of carbonyl (C=O) groups excluding carboxylic acids is 1. The van der Waals surface area contributed by atoms with E-state index < -0.39 is 10.0 Å². The Bertz CT molecular complexity index is 635. The maximum Gasteiger partial charge on any atom is 0.228 e. The van der Waals surface area contributed by atoms with E-state index in [1.807, 2.05) is 32.0 Å². The Kier molecular flexibility index (Phi) is 5.24. The molecule has 1 amide bonds. The minimum absolute atomic E-state index is 0.0816. The molecule has 1 N–H and O–H groups in total. The van der Waals surface area contributed by atoms with Crippen molar-refractivity contribution >= 4 is 21.6 Å². The summed E-state index contributed by atoms with van der Waals surface area (Å²) in [6.07, 6.45) is 1.45. The van der Waals surface area contributed by atoms with Crippen molar-refractivity contribution in [1.82, 2.24) is 4.31 Å². The predicted molar refractivity (Wildman–Crippen MR) is 88.3 cm³/mol. The third-order valence-corrected chi connectivity index (χ3v) is 6.09. The van der Waals surface area contributed by atoms with Crippen molar-refractivity contribution in [3.05, 3.63) is 29.3 Å². The number of nitrogens with zero attached hydrogens (tertiary/aromatic N) is 1. The summed E-state index contributed by atoms with van der Waals surface area (Å²) in [6, 6.07) is 5.87. The Labute approximate surface area is 132 Å².